The van der Waals surface area contributed by atoms with Crippen LogP contribution in [0.4, 0.5) is 0 Å². The number of nitrogens with zero attached hydrogens (tertiary/aromatic N) is 6. The van der Waals surface area contributed by atoms with Crippen molar-refractivity contribution in [3.8, 4) is 34.1 Å². The van der Waals surface area contributed by atoms with Crippen LogP contribution in [-0.4, -0.2) is 39.8 Å². The maximum atomic E-state index is 13.4. The minimum Gasteiger partial charge on any atom is -0.506 e. The number of aromatic amines is 1. The Balaban J connectivity index is 1.47. The summed E-state index contributed by atoms with van der Waals surface area (Å²) in [4.78, 5) is 17.9. The van der Waals surface area contributed by atoms with Crippen LogP contribution in [0, 0.1) is 0 Å². The molecule has 2 N–H and O–H groups in total. The van der Waals surface area contributed by atoms with E-state index < -0.39 is 0 Å². The third-order valence-electron chi connectivity index (χ3n) is 5.97. The molecule has 5 aromatic rings. The molecule has 0 bridgehead atoms. The Labute approximate surface area is 201 Å². The molecule has 176 valence electrons. The Morgan fingerprint density at radius 3 is 2.60 bits per heavy atom. The van der Waals surface area contributed by atoms with E-state index in [9.17, 15) is 9.90 Å². The molecule has 9 nitrogen and oxygen atoms in total. The summed E-state index contributed by atoms with van der Waals surface area (Å²) >= 11 is 0. The van der Waals surface area contributed by atoms with Gasteiger partial charge in [-0.1, -0.05) is 49.7 Å². The summed E-state index contributed by atoms with van der Waals surface area (Å²) < 4.78 is 3.31. The molecule has 2 aromatic carbocycles. The number of unbranched alkanes of at least 4 members (excludes halogenated alkanes) is 1. The molecule has 35 heavy (non-hydrogen) atoms. The predicted molar refractivity (Wildman–Crippen MR) is 132 cm³/mol. The van der Waals surface area contributed by atoms with Gasteiger partial charge in [-0.15, -0.1) is 5.10 Å². The monoisotopic (exact) mass is 467 g/mol. The second-order valence-electron chi connectivity index (χ2n) is 8.30. The Hall–Kier alpha value is -4.53. The topological polar surface area (TPSA) is 115 Å². The molecule has 5 rings (SSSR count). The molecule has 0 fully saturated rings. The number of imidazole rings is 1. The number of pyridine rings is 1. The Morgan fingerprint density at radius 1 is 1.03 bits per heavy atom. The average molecular weight is 468 g/mol. The number of aryl methyl sites for hydroxylation is 1. The molecular weight excluding hydrogens is 442 g/mol. The van der Waals surface area contributed by atoms with Crippen LogP contribution >= 0.6 is 0 Å². The van der Waals surface area contributed by atoms with Gasteiger partial charge in [-0.2, -0.15) is 0 Å². The molecule has 0 saturated carbocycles. The molecule has 0 spiro atoms. The van der Waals surface area contributed by atoms with Crippen molar-refractivity contribution in [3.05, 3.63) is 94.8 Å². The fraction of sp³-hybridized carbons (Fsp3) is 0.192. The van der Waals surface area contributed by atoms with Gasteiger partial charge in [0, 0.05) is 29.2 Å². The quantitative estimate of drug-likeness (QED) is 0.357. The molecular formula is C26H25N7O2. The zero-order valence-corrected chi connectivity index (χ0v) is 19.3. The van der Waals surface area contributed by atoms with E-state index in [0.29, 0.717) is 18.1 Å². The van der Waals surface area contributed by atoms with E-state index >= 15 is 0 Å². The van der Waals surface area contributed by atoms with Crippen LogP contribution in [0.1, 0.15) is 31.0 Å². The lowest BCUT2D eigenvalue weighted by Gasteiger charge is -2.09. The van der Waals surface area contributed by atoms with Gasteiger partial charge in [0.1, 0.15) is 5.75 Å². The fourth-order valence-corrected chi connectivity index (χ4v) is 4.14. The number of phenols is 1. The maximum Gasteiger partial charge on any atom is 0.333 e. The van der Waals surface area contributed by atoms with Crippen LogP contribution < -0.4 is 5.69 Å². The fourth-order valence-electron chi connectivity index (χ4n) is 4.14. The molecule has 0 atom stereocenters. The van der Waals surface area contributed by atoms with Gasteiger partial charge in [0.25, 0.3) is 0 Å². The van der Waals surface area contributed by atoms with Crippen molar-refractivity contribution in [1.82, 2.24) is 34.7 Å². The number of H-pyrrole nitrogens is 1. The number of nitrogens with one attached hydrogen (secondary N) is 1. The van der Waals surface area contributed by atoms with Gasteiger partial charge in [-0.3, -0.25) is 14.1 Å². The van der Waals surface area contributed by atoms with Gasteiger partial charge in [-0.25, -0.2) is 9.89 Å². The maximum absolute atomic E-state index is 13.4. The molecule has 0 amide bonds. The number of hydrogen-bond donors (Lipinski definition) is 2. The normalized spacial score (nSPS) is 11.1. The van der Waals surface area contributed by atoms with E-state index in [0.717, 1.165) is 47.3 Å². The van der Waals surface area contributed by atoms with Gasteiger partial charge in [0.05, 0.1) is 17.9 Å². The zero-order valence-electron chi connectivity index (χ0n) is 19.3. The summed E-state index contributed by atoms with van der Waals surface area (Å²) in [6.45, 7) is 2.56. The van der Waals surface area contributed by atoms with Crippen LogP contribution in [0.25, 0.3) is 28.3 Å². The third-order valence-corrected chi connectivity index (χ3v) is 5.97. The molecule has 3 heterocycles. The second-order valence-corrected chi connectivity index (χ2v) is 8.30. The smallest absolute Gasteiger partial charge is 0.333 e. The molecule has 0 aliphatic rings. The van der Waals surface area contributed by atoms with Crippen molar-refractivity contribution in [2.75, 3.05) is 0 Å². The zero-order chi connectivity index (χ0) is 24.2. The SMILES string of the molecule is CCCCc1cn(-c2ccccc2O)c(=O)n1Cc1ccc(-c2ncccc2-c2nnn[nH]2)cc1. The van der Waals surface area contributed by atoms with Crippen LogP contribution in [0.15, 0.2) is 77.9 Å². The lowest BCUT2D eigenvalue weighted by atomic mass is 10.0. The number of phenolic OH excluding ortho intramolecular Hbond substituents is 1. The number of tetrazole rings is 1. The number of rotatable bonds is 8. The van der Waals surface area contributed by atoms with Gasteiger partial charge in [0.2, 0.25) is 0 Å². The van der Waals surface area contributed by atoms with Crippen molar-refractivity contribution in [1.29, 1.82) is 0 Å². The molecule has 9 heteroatoms. The molecule has 3 aromatic heterocycles. The van der Waals surface area contributed by atoms with E-state index in [4.69, 9.17) is 0 Å². The summed E-state index contributed by atoms with van der Waals surface area (Å²) in [5, 5.41) is 24.4. The van der Waals surface area contributed by atoms with Crippen LogP contribution in [0.5, 0.6) is 5.75 Å². The van der Waals surface area contributed by atoms with Crippen LogP contribution in [0.2, 0.25) is 0 Å². The standard InChI is InChI=1S/C26H25N7O2/c1-2-3-7-20-17-33(22-9-4-5-10-23(22)34)26(35)32(20)16-18-11-13-19(14-12-18)24-21(8-6-15-27-24)25-28-30-31-29-25/h4-6,8-15,17,34H,2-3,7,16H2,1H3,(H,28,29,30,31). The van der Waals surface area contributed by atoms with Crippen LogP contribution in [-0.2, 0) is 13.0 Å². The molecule has 0 aliphatic heterocycles. The Kier molecular flexibility index (Phi) is 6.21. The highest BCUT2D eigenvalue weighted by Gasteiger charge is 2.16. The Bertz CT molecular complexity index is 1490. The number of aromatic hydroxyl groups is 1. The molecule has 0 aliphatic carbocycles. The largest absolute Gasteiger partial charge is 0.506 e. The van der Waals surface area contributed by atoms with Crippen molar-refractivity contribution >= 4 is 0 Å². The van der Waals surface area contributed by atoms with Crippen molar-refractivity contribution in [2.24, 2.45) is 0 Å². The summed E-state index contributed by atoms with van der Waals surface area (Å²) in [5.74, 6) is 0.626. The minimum absolute atomic E-state index is 0.0752. The predicted octanol–water partition coefficient (Wildman–Crippen LogP) is 3.98. The summed E-state index contributed by atoms with van der Waals surface area (Å²) in [6, 6.07) is 18.6. The number of hydrogen-bond acceptors (Lipinski definition) is 6. The van der Waals surface area contributed by atoms with E-state index in [-0.39, 0.29) is 11.4 Å². The summed E-state index contributed by atoms with van der Waals surface area (Å²) in [7, 11) is 0. The summed E-state index contributed by atoms with van der Waals surface area (Å²) in [5.41, 5.74) is 4.73. The first-order chi connectivity index (χ1) is 17.2. The van der Waals surface area contributed by atoms with Gasteiger partial charge in [-0.05, 0) is 53.1 Å². The van der Waals surface area contributed by atoms with Crippen molar-refractivity contribution < 1.29 is 5.11 Å². The minimum atomic E-state index is -0.175. The number of para-hydroxylation sites is 2. The van der Waals surface area contributed by atoms with E-state index in [1.54, 1.807) is 29.0 Å². The third kappa shape index (κ3) is 4.48. The number of benzene rings is 2. The van der Waals surface area contributed by atoms with Crippen molar-refractivity contribution in [3.63, 3.8) is 0 Å². The highest BCUT2D eigenvalue weighted by Crippen LogP contribution is 2.28. The molecule has 0 radical (unpaired) electrons. The highest BCUT2D eigenvalue weighted by molar-refractivity contribution is 5.76. The first-order valence-corrected chi connectivity index (χ1v) is 11.5. The molecule has 0 unspecified atom stereocenters. The Morgan fingerprint density at radius 2 is 1.86 bits per heavy atom. The molecule has 0 saturated heterocycles. The summed E-state index contributed by atoms with van der Waals surface area (Å²) in [6.07, 6.45) is 6.36. The number of aromatic nitrogens is 7. The van der Waals surface area contributed by atoms with Crippen LogP contribution in [0.3, 0.4) is 0 Å². The van der Waals surface area contributed by atoms with Gasteiger partial charge >= 0.3 is 5.69 Å². The first kappa shape index (κ1) is 22.3. The second kappa shape index (κ2) is 9.76. The first-order valence-electron chi connectivity index (χ1n) is 11.5. The lowest BCUT2D eigenvalue weighted by molar-refractivity contribution is 0.471. The van der Waals surface area contributed by atoms with E-state index in [2.05, 4.69) is 32.5 Å². The highest BCUT2D eigenvalue weighted by atomic mass is 16.3. The van der Waals surface area contributed by atoms with E-state index in [1.807, 2.05) is 48.7 Å². The van der Waals surface area contributed by atoms with E-state index in [1.165, 1.54) is 4.57 Å². The average Bonchev–Trinajstić information content (AvgIpc) is 3.53. The van der Waals surface area contributed by atoms with Crippen molar-refractivity contribution in [2.45, 2.75) is 32.7 Å². The lowest BCUT2D eigenvalue weighted by Crippen LogP contribution is -2.24. The van der Waals surface area contributed by atoms with Gasteiger partial charge < -0.3 is 5.11 Å². The van der Waals surface area contributed by atoms with Gasteiger partial charge in [0.15, 0.2) is 5.82 Å².